The van der Waals surface area contributed by atoms with Gasteiger partial charge in [-0.25, -0.2) is 0 Å². The number of hydrogen-bond acceptors (Lipinski definition) is 2. The summed E-state index contributed by atoms with van der Waals surface area (Å²) in [5.74, 6) is 0.278. The third-order valence-corrected chi connectivity index (χ3v) is 1.95. The van der Waals surface area contributed by atoms with Crippen LogP contribution in [-0.4, -0.2) is 11.8 Å². The highest BCUT2D eigenvalue weighted by Gasteiger charge is 2.07. The number of hydrogen-bond donors (Lipinski definition) is 0. The summed E-state index contributed by atoms with van der Waals surface area (Å²) in [6.07, 6.45) is 0. The molecule has 0 saturated heterocycles. The Hall–Kier alpha value is -0.440. The van der Waals surface area contributed by atoms with Crippen LogP contribution in [0.1, 0.15) is 0 Å². The molecule has 0 aliphatic rings. The highest BCUT2D eigenvalue weighted by atomic mass is 35.5. The van der Waals surface area contributed by atoms with Gasteiger partial charge in [0, 0.05) is 0 Å². The van der Waals surface area contributed by atoms with Crippen molar-refractivity contribution in [2.75, 3.05) is 6.61 Å². The van der Waals surface area contributed by atoms with Crippen molar-refractivity contribution in [1.29, 1.82) is 0 Å². The predicted molar refractivity (Wildman–Crippen MR) is 52.8 cm³/mol. The van der Waals surface area contributed by atoms with Gasteiger partial charge in [0.2, 0.25) is 0 Å². The summed E-state index contributed by atoms with van der Waals surface area (Å²) in [7, 11) is 0. The Bertz CT molecular complexity index is 305. The molecule has 0 spiro atoms. The van der Waals surface area contributed by atoms with Gasteiger partial charge in [0.25, 0.3) is 5.24 Å². The topological polar surface area (TPSA) is 26.3 Å². The maximum absolute atomic E-state index is 10.4. The summed E-state index contributed by atoms with van der Waals surface area (Å²) >= 11 is 16.6. The molecule has 0 fully saturated rings. The fraction of sp³-hybridized carbons (Fsp3) is 0.125. The first-order valence-corrected chi connectivity index (χ1v) is 4.50. The van der Waals surface area contributed by atoms with Crippen molar-refractivity contribution in [3.05, 3.63) is 28.2 Å². The minimum atomic E-state index is -0.601. The van der Waals surface area contributed by atoms with Gasteiger partial charge in [-0.1, -0.05) is 29.3 Å². The maximum atomic E-state index is 10.4. The van der Waals surface area contributed by atoms with E-state index in [9.17, 15) is 4.79 Å². The number of carbonyl (C=O) groups is 1. The number of rotatable bonds is 3. The SMILES string of the molecule is O=C(Cl)COc1c(Cl)cccc1Cl. The predicted octanol–water partition coefficient (Wildman–Crippen LogP) is 3.14. The van der Waals surface area contributed by atoms with Gasteiger partial charge in [-0.05, 0) is 23.7 Å². The summed E-state index contributed by atoms with van der Waals surface area (Å²) in [6, 6.07) is 4.91. The summed E-state index contributed by atoms with van der Waals surface area (Å²) in [5.41, 5.74) is 0. The van der Waals surface area contributed by atoms with E-state index in [1.54, 1.807) is 18.2 Å². The molecule has 0 aliphatic carbocycles. The second-order valence-corrected chi connectivity index (χ2v) is 3.43. The highest BCUT2D eigenvalue weighted by Crippen LogP contribution is 2.32. The molecule has 0 atom stereocenters. The fourth-order valence-electron chi connectivity index (χ4n) is 0.749. The standard InChI is InChI=1S/C8H5Cl3O2/c9-5-2-1-3-6(10)8(5)13-4-7(11)12/h1-3H,4H2. The van der Waals surface area contributed by atoms with Crippen LogP contribution in [-0.2, 0) is 4.79 Å². The van der Waals surface area contributed by atoms with E-state index in [0.29, 0.717) is 10.0 Å². The lowest BCUT2D eigenvalue weighted by Crippen LogP contribution is -2.04. The fourth-order valence-corrected chi connectivity index (χ4v) is 1.31. The van der Waals surface area contributed by atoms with Crippen LogP contribution in [0.15, 0.2) is 18.2 Å². The second kappa shape index (κ2) is 4.70. The van der Waals surface area contributed by atoms with Crippen LogP contribution in [0.2, 0.25) is 10.0 Å². The summed E-state index contributed by atoms with van der Waals surface area (Å²) in [4.78, 5) is 10.4. The quantitative estimate of drug-likeness (QED) is 0.758. The van der Waals surface area contributed by atoms with Crippen LogP contribution in [0, 0.1) is 0 Å². The van der Waals surface area contributed by atoms with Crippen molar-refractivity contribution in [2.45, 2.75) is 0 Å². The smallest absolute Gasteiger partial charge is 0.259 e. The van der Waals surface area contributed by atoms with Crippen molar-refractivity contribution in [3.8, 4) is 5.75 Å². The van der Waals surface area contributed by atoms with Crippen molar-refractivity contribution in [2.24, 2.45) is 0 Å². The Morgan fingerprint density at radius 1 is 1.31 bits per heavy atom. The maximum Gasteiger partial charge on any atom is 0.259 e. The lowest BCUT2D eigenvalue weighted by atomic mass is 10.3. The van der Waals surface area contributed by atoms with Gasteiger partial charge < -0.3 is 4.74 Å². The summed E-state index contributed by atoms with van der Waals surface area (Å²) < 4.78 is 4.98. The molecule has 0 bridgehead atoms. The zero-order chi connectivity index (χ0) is 9.84. The molecule has 0 unspecified atom stereocenters. The van der Waals surface area contributed by atoms with Gasteiger partial charge in [0.15, 0.2) is 12.4 Å². The minimum absolute atomic E-state index is 0.245. The van der Waals surface area contributed by atoms with Crippen LogP contribution < -0.4 is 4.74 Å². The summed E-state index contributed by atoms with van der Waals surface area (Å²) in [6.45, 7) is -0.245. The third kappa shape index (κ3) is 3.07. The average Bonchev–Trinajstić information content (AvgIpc) is 2.03. The van der Waals surface area contributed by atoms with E-state index in [-0.39, 0.29) is 12.4 Å². The molecule has 0 saturated carbocycles. The second-order valence-electron chi connectivity index (χ2n) is 2.19. The Morgan fingerprint density at radius 2 is 1.85 bits per heavy atom. The minimum Gasteiger partial charge on any atom is -0.481 e. The van der Waals surface area contributed by atoms with Crippen LogP contribution >= 0.6 is 34.8 Å². The molecule has 0 N–H and O–H groups in total. The highest BCUT2D eigenvalue weighted by molar-refractivity contribution is 6.63. The molecule has 13 heavy (non-hydrogen) atoms. The van der Waals surface area contributed by atoms with Crippen LogP contribution in [0.4, 0.5) is 0 Å². The first-order valence-electron chi connectivity index (χ1n) is 3.36. The molecule has 1 aromatic rings. The number of ether oxygens (including phenoxy) is 1. The zero-order valence-corrected chi connectivity index (χ0v) is 8.66. The number of para-hydroxylation sites is 1. The lowest BCUT2D eigenvalue weighted by Gasteiger charge is -2.06. The molecule has 0 aromatic heterocycles. The summed E-state index contributed by atoms with van der Waals surface area (Å²) in [5, 5.41) is 0.104. The van der Waals surface area contributed by atoms with Gasteiger partial charge >= 0.3 is 0 Å². The zero-order valence-electron chi connectivity index (χ0n) is 6.39. The molecule has 1 rings (SSSR count). The van der Waals surface area contributed by atoms with Crippen molar-refractivity contribution < 1.29 is 9.53 Å². The first kappa shape index (κ1) is 10.6. The van der Waals surface area contributed by atoms with E-state index < -0.39 is 5.24 Å². The van der Waals surface area contributed by atoms with Gasteiger partial charge in [0.05, 0.1) is 10.0 Å². The van der Waals surface area contributed by atoms with E-state index in [1.165, 1.54) is 0 Å². The van der Waals surface area contributed by atoms with E-state index in [0.717, 1.165) is 0 Å². The average molecular weight is 239 g/mol. The van der Waals surface area contributed by atoms with Crippen LogP contribution in [0.25, 0.3) is 0 Å². The van der Waals surface area contributed by atoms with Crippen molar-refractivity contribution in [1.82, 2.24) is 0 Å². The molecular weight excluding hydrogens is 234 g/mol. The monoisotopic (exact) mass is 238 g/mol. The van der Waals surface area contributed by atoms with Gasteiger partial charge in [-0.2, -0.15) is 0 Å². The van der Waals surface area contributed by atoms with Crippen molar-refractivity contribution >= 4 is 40.0 Å². The van der Waals surface area contributed by atoms with E-state index in [2.05, 4.69) is 0 Å². The molecule has 5 heteroatoms. The normalized spacial score (nSPS) is 9.77. The Labute approximate surface area is 90.3 Å². The van der Waals surface area contributed by atoms with E-state index >= 15 is 0 Å². The molecule has 2 nitrogen and oxygen atoms in total. The van der Waals surface area contributed by atoms with Gasteiger partial charge in [-0.3, -0.25) is 4.79 Å². The third-order valence-electron chi connectivity index (χ3n) is 1.25. The first-order chi connectivity index (χ1) is 6.11. The largest absolute Gasteiger partial charge is 0.481 e. The van der Waals surface area contributed by atoms with Crippen LogP contribution in [0.5, 0.6) is 5.75 Å². The molecule has 0 amide bonds. The number of halogens is 3. The van der Waals surface area contributed by atoms with Crippen molar-refractivity contribution in [3.63, 3.8) is 0 Å². The van der Waals surface area contributed by atoms with Gasteiger partial charge in [0.1, 0.15) is 0 Å². The van der Waals surface area contributed by atoms with Gasteiger partial charge in [-0.15, -0.1) is 0 Å². The molecule has 1 aromatic carbocycles. The Balaban J connectivity index is 2.81. The molecular formula is C8H5Cl3O2. The molecule has 70 valence electrons. The van der Waals surface area contributed by atoms with E-state index in [4.69, 9.17) is 39.5 Å². The van der Waals surface area contributed by atoms with Crippen LogP contribution in [0.3, 0.4) is 0 Å². The number of benzene rings is 1. The Kier molecular flexibility index (Phi) is 3.85. The molecule has 0 heterocycles. The molecule has 0 aliphatic heterocycles. The lowest BCUT2D eigenvalue weighted by molar-refractivity contribution is -0.113. The molecule has 0 radical (unpaired) electrons. The number of carbonyl (C=O) groups excluding carboxylic acids is 1. The van der Waals surface area contributed by atoms with E-state index in [1.807, 2.05) is 0 Å². The Morgan fingerprint density at radius 3 is 2.31 bits per heavy atom.